The number of nitrogens with zero attached hydrogens (tertiary/aromatic N) is 3. The molecule has 0 aliphatic heterocycles. The van der Waals surface area contributed by atoms with Crippen molar-refractivity contribution in [3.63, 3.8) is 0 Å². The highest BCUT2D eigenvalue weighted by Gasteiger charge is 2.11. The van der Waals surface area contributed by atoms with Crippen LogP contribution in [0.5, 0.6) is 0 Å². The molecule has 76 valence electrons. The number of tetrazole rings is 1. The Balaban J connectivity index is 2.40. The lowest BCUT2D eigenvalue weighted by atomic mass is 10.2. The number of H-pyrrole nitrogens is 1. The fourth-order valence-corrected chi connectivity index (χ4v) is 1.16. The molecule has 4 N–H and O–H groups in total. The van der Waals surface area contributed by atoms with E-state index >= 15 is 0 Å². The standard InChI is InChI=1S/C8H7N5O2/c9-8-10-11-12-13(8)6-3-1-5(2-4-6)7(14)15/h1-4H,(H3,9,10,12,14,15)/p+1. The van der Waals surface area contributed by atoms with E-state index in [0.29, 0.717) is 5.69 Å². The molecule has 0 saturated heterocycles. The van der Waals surface area contributed by atoms with Crippen LogP contribution in [-0.4, -0.2) is 26.6 Å². The Bertz CT molecular complexity index is 490. The zero-order valence-corrected chi connectivity index (χ0v) is 7.58. The van der Waals surface area contributed by atoms with Gasteiger partial charge in [-0.2, -0.15) is 0 Å². The molecule has 1 aromatic carbocycles. The molecule has 1 heterocycles. The molecule has 7 heteroatoms. The third-order valence-corrected chi connectivity index (χ3v) is 1.90. The summed E-state index contributed by atoms with van der Waals surface area (Å²) in [6.45, 7) is 0. The van der Waals surface area contributed by atoms with E-state index in [2.05, 4.69) is 15.5 Å². The van der Waals surface area contributed by atoms with Gasteiger partial charge in [0, 0.05) is 0 Å². The number of aromatic nitrogens is 4. The van der Waals surface area contributed by atoms with Gasteiger partial charge < -0.3 is 10.8 Å². The summed E-state index contributed by atoms with van der Waals surface area (Å²) < 4.78 is 1.44. The second-order valence-corrected chi connectivity index (χ2v) is 2.85. The maximum absolute atomic E-state index is 10.6. The van der Waals surface area contributed by atoms with Crippen LogP contribution in [0.1, 0.15) is 10.4 Å². The summed E-state index contributed by atoms with van der Waals surface area (Å²) in [7, 11) is 0. The van der Waals surface area contributed by atoms with Gasteiger partial charge in [0.05, 0.1) is 10.7 Å². The minimum Gasteiger partial charge on any atom is -0.478 e. The van der Waals surface area contributed by atoms with E-state index in [1.807, 2.05) is 0 Å². The molecule has 0 spiro atoms. The molecular weight excluding hydrogens is 198 g/mol. The van der Waals surface area contributed by atoms with Crippen LogP contribution < -0.4 is 10.4 Å². The first-order chi connectivity index (χ1) is 7.18. The third kappa shape index (κ3) is 1.62. The number of hydrogen-bond donors (Lipinski definition) is 3. The molecular formula is C8H8N5O2+. The first-order valence-corrected chi connectivity index (χ1v) is 4.11. The number of rotatable bonds is 2. The normalized spacial score (nSPS) is 10.1. The fourth-order valence-electron chi connectivity index (χ4n) is 1.16. The van der Waals surface area contributed by atoms with Gasteiger partial charge in [-0.05, 0) is 24.3 Å². The second kappa shape index (κ2) is 3.37. The van der Waals surface area contributed by atoms with Crippen LogP contribution in [0.3, 0.4) is 0 Å². The number of anilines is 1. The van der Waals surface area contributed by atoms with Gasteiger partial charge in [0.25, 0.3) is 0 Å². The predicted molar refractivity (Wildman–Crippen MR) is 49.3 cm³/mol. The van der Waals surface area contributed by atoms with Gasteiger partial charge in [0.1, 0.15) is 10.9 Å². The highest BCUT2D eigenvalue weighted by Crippen LogP contribution is 2.04. The summed E-state index contributed by atoms with van der Waals surface area (Å²) in [4.78, 5) is 10.6. The van der Waals surface area contributed by atoms with Gasteiger partial charge in [-0.1, -0.05) is 5.21 Å². The van der Waals surface area contributed by atoms with Gasteiger partial charge in [-0.15, -0.1) is 4.68 Å². The Hall–Kier alpha value is -2.44. The summed E-state index contributed by atoms with van der Waals surface area (Å²) in [5.74, 6) is -0.764. The smallest absolute Gasteiger partial charge is 0.402 e. The Kier molecular flexibility index (Phi) is 2.05. The summed E-state index contributed by atoms with van der Waals surface area (Å²) in [6.07, 6.45) is 0. The van der Waals surface area contributed by atoms with Crippen molar-refractivity contribution in [3.05, 3.63) is 29.8 Å². The van der Waals surface area contributed by atoms with Gasteiger partial charge in [0.15, 0.2) is 0 Å². The molecule has 2 rings (SSSR count). The van der Waals surface area contributed by atoms with Crippen LogP contribution in [0.2, 0.25) is 0 Å². The average molecular weight is 206 g/mol. The van der Waals surface area contributed by atoms with Crippen LogP contribution in [0, 0.1) is 0 Å². The lowest BCUT2D eigenvalue weighted by molar-refractivity contribution is -0.646. The van der Waals surface area contributed by atoms with E-state index in [1.165, 1.54) is 16.8 Å². The van der Waals surface area contributed by atoms with E-state index < -0.39 is 5.97 Å². The maximum Gasteiger partial charge on any atom is 0.402 e. The van der Waals surface area contributed by atoms with E-state index in [0.717, 1.165) is 0 Å². The Morgan fingerprint density at radius 3 is 2.53 bits per heavy atom. The number of hydrogen-bond acceptors (Lipinski definition) is 4. The number of nitrogens with one attached hydrogen (secondary N) is 1. The van der Waals surface area contributed by atoms with Gasteiger partial charge in [-0.3, -0.25) is 0 Å². The number of benzene rings is 1. The van der Waals surface area contributed by atoms with Crippen molar-refractivity contribution in [1.82, 2.24) is 15.5 Å². The Labute approximate surface area is 84.1 Å². The number of aromatic carboxylic acids is 1. The predicted octanol–water partition coefficient (Wildman–Crippen LogP) is -0.638. The number of carboxylic acid groups (broad SMARTS) is 1. The summed E-state index contributed by atoms with van der Waals surface area (Å²) in [5, 5.41) is 18.3. The summed E-state index contributed by atoms with van der Waals surface area (Å²) in [5.41, 5.74) is 6.39. The van der Waals surface area contributed by atoms with Crippen LogP contribution in [0.15, 0.2) is 24.3 Å². The van der Waals surface area contributed by atoms with Crippen molar-refractivity contribution >= 4 is 11.9 Å². The summed E-state index contributed by atoms with van der Waals surface area (Å²) in [6, 6.07) is 6.18. The summed E-state index contributed by atoms with van der Waals surface area (Å²) >= 11 is 0. The van der Waals surface area contributed by atoms with Gasteiger partial charge >= 0.3 is 11.9 Å². The zero-order chi connectivity index (χ0) is 10.8. The quantitative estimate of drug-likeness (QED) is 0.566. The number of nitrogen functional groups attached to an aromatic ring is 1. The first-order valence-electron chi connectivity index (χ1n) is 4.11. The largest absolute Gasteiger partial charge is 0.478 e. The molecule has 0 bridgehead atoms. The fraction of sp³-hybridized carbons (Fsp3) is 0. The van der Waals surface area contributed by atoms with Gasteiger partial charge in [0.2, 0.25) is 0 Å². The highest BCUT2D eigenvalue weighted by molar-refractivity contribution is 5.87. The molecule has 7 nitrogen and oxygen atoms in total. The van der Waals surface area contributed by atoms with E-state index in [1.54, 1.807) is 12.1 Å². The van der Waals surface area contributed by atoms with E-state index in [9.17, 15) is 4.79 Å². The molecule has 1 aromatic heterocycles. The Morgan fingerprint density at radius 1 is 1.40 bits per heavy atom. The molecule has 0 saturated carbocycles. The van der Waals surface area contributed by atoms with Crippen molar-refractivity contribution in [2.75, 3.05) is 5.73 Å². The monoisotopic (exact) mass is 206 g/mol. The third-order valence-electron chi connectivity index (χ3n) is 1.90. The topological polar surface area (TPSA) is 109 Å². The number of carbonyl (C=O) groups is 1. The van der Waals surface area contributed by atoms with Crippen LogP contribution >= 0.6 is 0 Å². The molecule has 0 aliphatic carbocycles. The van der Waals surface area contributed by atoms with E-state index in [-0.39, 0.29) is 11.5 Å². The van der Waals surface area contributed by atoms with Crippen LogP contribution in [-0.2, 0) is 0 Å². The van der Waals surface area contributed by atoms with Crippen LogP contribution in [0.25, 0.3) is 5.69 Å². The second-order valence-electron chi connectivity index (χ2n) is 2.85. The average Bonchev–Trinajstić information content (AvgIpc) is 2.65. The molecule has 0 amide bonds. The highest BCUT2D eigenvalue weighted by atomic mass is 16.4. The molecule has 0 unspecified atom stereocenters. The van der Waals surface area contributed by atoms with E-state index in [4.69, 9.17) is 10.8 Å². The zero-order valence-electron chi connectivity index (χ0n) is 7.58. The molecule has 0 fully saturated rings. The van der Waals surface area contributed by atoms with Crippen molar-refractivity contribution in [1.29, 1.82) is 0 Å². The van der Waals surface area contributed by atoms with Crippen molar-refractivity contribution in [2.24, 2.45) is 0 Å². The molecule has 0 atom stereocenters. The minimum absolute atomic E-state index is 0.207. The number of aromatic amines is 1. The number of carboxylic acids is 1. The first kappa shape index (κ1) is 9.13. The van der Waals surface area contributed by atoms with Crippen molar-refractivity contribution < 1.29 is 14.6 Å². The molecule has 0 aliphatic rings. The molecule has 0 radical (unpaired) electrons. The molecule has 2 aromatic rings. The van der Waals surface area contributed by atoms with Crippen molar-refractivity contribution in [2.45, 2.75) is 0 Å². The maximum atomic E-state index is 10.6. The van der Waals surface area contributed by atoms with Crippen molar-refractivity contribution in [3.8, 4) is 5.69 Å². The van der Waals surface area contributed by atoms with Gasteiger partial charge in [-0.25, -0.2) is 4.79 Å². The molecule has 15 heavy (non-hydrogen) atoms. The van der Waals surface area contributed by atoms with Crippen LogP contribution in [0.4, 0.5) is 5.95 Å². The Morgan fingerprint density at radius 2 is 2.07 bits per heavy atom. The SMILES string of the molecule is Nc1nn[nH][n+]1-c1ccc(C(=O)O)cc1. The number of nitrogens with two attached hydrogens (primary N) is 1. The lowest BCUT2D eigenvalue weighted by Crippen LogP contribution is -2.35. The lowest BCUT2D eigenvalue weighted by Gasteiger charge is -1.97. The minimum atomic E-state index is -0.970.